The Morgan fingerprint density at radius 1 is 1.20 bits per heavy atom. The maximum absolute atomic E-state index is 10.5. The number of nitrogens with zero attached hydrogens (tertiary/aromatic N) is 1. The van der Waals surface area contributed by atoms with Gasteiger partial charge in [0.1, 0.15) is 0 Å². The van der Waals surface area contributed by atoms with Gasteiger partial charge in [-0.3, -0.25) is 0 Å². The van der Waals surface area contributed by atoms with Crippen LogP contribution >= 0.6 is 0 Å². The van der Waals surface area contributed by atoms with Crippen LogP contribution in [0, 0.1) is 5.92 Å². The second-order valence-corrected chi connectivity index (χ2v) is 8.50. The molecule has 1 aromatic rings. The SMILES string of the molecule is CN1CC[C@]23c4c5ccc(O)c4O[C@H]2C2(CCC3[C@H]1C5)OCCCO2. The highest BCUT2D eigenvalue weighted by molar-refractivity contribution is 5.61. The van der Waals surface area contributed by atoms with E-state index in [1.165, 1.54) is 11.1 Å². The molecule has 3 aliphatic heterocycles. The van der Waals surface area contributed by atoms with Crippen LogP contribution in [0.5, 0.6) is 11.5 Å². The lowest BCUT2D eigenvalue weighted by Gasteiger charge is -2.61. The van der Waals surface area contributed by atoms with Crippen molar-refractivity contribution in [1.29, 1.82) is 0 Å². The van der Waals surface area contributed by atoms with Crippen molar-refractivity contribution in [2.75, 3.05) is 26.8 Å². The monoisotopic (exact) mass is 343 g/mol. The summed E-state index contributed by atoms with van der Waals surface area (Å²) in [5.74, 6) is 0.876. The topological polar surface area (TPSA) is 51.2 Å². The molecule has 2 spiro atoms. The van der Waals surface area contributed by atoms with Crippen LogP contribution in [0.1, 0.15) is 36.8 Å². The van der Waals surface area contributed by atoms with E-state index in [2.05, 4.69) is 18.0 Å². The van der Waals surface area contributed by atoms with Gasteiger partial charge in [0.05, 0.1) is 13.2 Å². The number of likely N-dealkylation sites (tertiary alicyclic amines) is 1. The zero-order chi connectivity index (χ0) is 16.8. The van der Waals surface area contributed by atoms with Crippen molar-refractivity contribution >= 4 is 0 Å². The molecule has 3 heterocycles. The predicted octanol–water partition coefficient (Wildman–Crippen LogP) is 2.19. The molecule has 6 rings (SSSR count). The number of hydrogen-bond donors (Lipinski definition) is 1. The van der Waals surface area contributed by atoms with E-state index in [0.717, 1.165) is 51.9 Å². The first kappa shape index (κ1) is 14.8. The molecule has 1 saturated carbocycles. The molecular weight excluding hydrogens is 318 g/mol. The minimum absolute atomic E-state index is 0.0750. The Labute approximate surface area is 147 Å². The van der Waals surface area contributed by atoms with Crippen LogP contribution in [0.15, 0.2) is 12.1 Å². The molecule has 4 atom stereocenters. The zero-order valence-electron chi connectivity index (χ0n) is 14.7. The number of rotatable bonds is 0. The Morgan fingerprint density at radius 2 is 2.04 bits per heavy atom. The van der Waals surface area contributed by atoms with Gasteiger partial charge in [0.15, 0.2) is 17.6 Å². The van der Waals surface area contributed by atoms with Gasteiger partial charge in [-0.15, -0.1) is 0 Å². The average molecular weight is 343 g/mol. The van der Waals surface area contributed by atoms with Crippen molar-refractivity contribution in [3.63, 3.8) is 0 Å². The lowest BCUT2D eigenvalue weighted by Crippen LogP contribution is -2.71. The zero-order valence-corrected chi connectivity index (χ0v) is 14.7. The number of phenolic OH excluding ortho intramolecular Hbond substituents is 1. The molecule has 25 heavy (non-hydrogen) atoms. The van der Waals surface area contributed by atoms with Crippen molar-refractivity contribution in [2.24, 2.45) is 5.92 Å². The number of phenols is 1. The van der Waals surface area contributed by atoms with Crippen molar-refractivity contribution in [3.8, 4) is 11.5 Å². The van der Waals surface area contributed by atoms with Gasteiger partial charge in [0.25, 0.3) is 0 Å². The molecule has 0 amide bonds. The maximum Gasteiger partial charge on any atom is 0.206 e. The van der Waals surface area contributed by atoms with Crippen LogP contribution < -0.4 is 4.74 Å². The molecule has 3 fully saturated rings. The molecule has 2 aliphatic carbocycles. The molecule has 0 aromatic heterocycles. The molecular formula is C20H25NO4. The van der Waals surface area contributed by atoms with Gasteiger partial charge in [-0.1, -0.05) is 6.07 Å². The predicted molar refractivity (Wildman–Crippen MR) is 90.9 cm³/mol. The Balaban J connectivity index is 1.60. The second kappa shape index (κ2) is 4.70. The van der Waals surface area contributed by atoms with E-state index in [9.17, 15) is 5.11 Å². The van der Waals surface area contributed by atoms with Crippen LogP contribution in [-0.4, -0.2) is 54.7 Å². The van der Waals surface area contributed by atoms with Gasteiger partial charge in [-0.25, -0.2) is 0 Å². The Kier molecular flexibility index (Phi) is 2.79. The third kappa shape index (κ3) is 1.61. The molecule has 5 aliphatic rings. The first-order valence-electron chi connectivity index (χ1n) is 9.66. The second-order valence-electron chi connectivity index (χ2n) is 8.50. The highest BCUT2D eigenvalue weighted by Crippen LogP contribution is 2.66. The van der Waals surface area contributed by atoms with Gasteiger partial charge < -0.3 is 24.2 Å². The third-order valence-corrected chi connectivity index (χ3v) is 7.58. The Hall–Kier alpha value is -1.30. The van der Waals surface area contributed by atoms with Gasteiger partial charge in [0, 0.05) is 23.4 Å². The van der Waals surface area contributed by atoms with Crippen LogP contribution in [0.4, 0.5) is 0 Å². The molecule has 1 N–H and O–H groups in total. The summed E-state index contributed by atoms with van der Waals surface area (Å²) in [5, 5.41) is 10.5. The van der Waals surface area contributed by atoms with E-state index in [1.807, 2.05) is 0 Å². The van der Waals surface area contributed by atoms with Gasteiger partial charge in [0.2, 0.25) is 5.79 Å². The fourth-order valence-electron chi connectivity index (χ4n) is 6.59. The molecule has 134 valence electrons. The molecule has 1 aromatic carbocycles. The Bertz CT molecular complexity index is 743. The summed E-state index contributed by atoms with van der Waals surface area (Å²) < 4.78 is 19.1. The number of likely N-dealkylation sites (N-methyl/N-ethyl adjacent to an activating group) is 1. The van der Waals surface area contributed by atoms with Crippen LogP contribution in [0.25, 0.3) is 0 Å². The van der Waals surface area contributed by atoms with Crippen molar-refractivity contribution < 1.29 is 19.3 Å². The number of aromatic hydroxyl groups is 1. The van der Waals surface area contributed by atoms with E-state index in [1.54, 1.807) is 6.07 Å². The molecule has 1 unspecified atom stereocenters. The van der Waals surface area contributed by atoms with Gasteiger partial charge >= 0.3 is 0 Å². The normalized spacial score (nSPS) is 40.6. The minimum atomic E-state index is -0.644. The first-order valence-corrected chi connectivity index (χ1v) is 9.66. The van der Waals surface area contributed by atoms with E-state index >= 15 is 0 Å². The molecule has 5 nitrogen and oxygen atoms in total. The van der Waals surface area contributed by atoms with E-state index < -0.39 is 5.79 Å². The largest absolute Gasteiger partial charge is 0.504 e. The van der Waals surface area contributed by atoms with Crippen LogP contribution in [-0.2, 0) is 21.3 Å². The quantitative estimate of drug-likeness (QED) is 0.783. The van der Waals surface area contributed by atoms with Crippen molar-refractivity contribution in [3.05, 3.63) is 23.3 Å². The maximum atomic E-state index is 10.5. The summed E-state index contributed by atoms with van der Waals surface area (Å²) in [5.41, 5.74) is 2.54. The molecule has 2 bridgehead atoms. The molecule has 0 radical (unpaired) electrons. The lowest BCUT2D eigenvalue weighted by molar-refractivity contribution is -0.332. The van der Waals surface area contributed by atoms with E-state index in [-0.39, 0.29) is 17.3 Å². The number of fused-ring (bicyclic) bond motifs is 1. The number of piperidine rings is 1. The smallest absolute Gasteiger partial charge is 0.206 e. The van der Waals surface area contributed by atoms with Crippen molar-refractivity contribution in [1.82, 2.24) is 4.90 Å². The number of ether oxygens (including phenoxy) is 3. The van der Waals surface area contributed by atoms with Gasteiger partial charge in [-0.05, 0) is 56.8 Å². The minimum Gasteiger partial charge on any atom is -0.504 e. The summed E-state index contributed by atoms with van der Waals surface area (Å²) in [6, 6.07) is 4.45. The summed E-state index contributed by atoms with van der Waals surface area (Å²) in [7, 11) is 2.26. The first-order chi connectivity index (χ1) is 12.2. The fourth-order valence-corrected chi connectivity index (χ4v) is 6.59. The number of benzene rings is 1. The summed E-state index contributed by atoms with van der Waals surface area (Å²) in [6.07, 6.45) is 4.89. The Morgan fingerprint density at radius 3 is 2.88 bits per heavy atom. The van der Waals surface area contributed by atoms with E-state index in [0.29, 0.717) is 17.7 Å². The van der Waals surface area contributed by atoms with Crippen molar-refractivity contribution in [2.45, 2.75) is 55.5 Å². The van der Waals surface area contributed by atoms with Gasteiger partial charge in [-0.2, -0.15) is 0 Å². The summed E-state index contributed by atoms with van der Waals surface area (Å²) in [6.45, 7) is 2.53. The number of hydrogen-bond acceptors (Lipinski definition) is 5. The van der Waals surface area contributed by atoms with E-state index in [4.69, 9.17) is 14.2 Å². The lowest BCUT2D eigenvalue weighted by atomic mass is 9.50. The average Bonchev–Trinajstić information content (AvgIpc) is 2.99. The van der Waals surface area contributed by atoms with Crippen LogP contribution in [0.2, 0.25) is 0 Å². The summed E-state index contributed by atoms with van der Waals surface area (Å²) >= 11 is 0. The highest BCUT2D eigenvalue weighted by atomic mass is 16.7. The summed E-state index contributed by atoms with van der Waals surface area (Å²) in [4.78, 5) is 2.53. The highest BCUT2D eigenvalue weighted by Gasteiger charge is 2.70. The molecule has 2 saturated heterocycles. The molecule has 5 heteroatoms. The third-order valence-electron chi connectivity index (χ3n) is 7.58. The fraction of sp³-hybridized carbons (Fsp3) is 0.700. The van der Waals surface area contributed by atoms with Crippen LogP contribution in [0.3, 0.4) is 0 Å². The standard InChI is InChI=1S/C20H25NO4/c1-21-8-7-19-13-5-6-20(23-9-2-10-24-20)18(19)25-17-15(22)4-3-12(16(17)19)11-14(13)21/h3-4,13-14,18,22H,2,5-11H2,1H3/t13?,14-,18-,19+/m1/s1.